The van der Waals surface area contributed by atoms with Crippen LogP contribution >= 0.6 is 11.6 Å². The van der Waals surface area contributed by atoms with Crippen LogP contribution in [-0.2, 0) is 17.1 Å². The van der Waals surface area contributed by atoms with Crippen LogP contribution < -0.4 is 9.46 Å². The number of sulfonamides is 1. The van der Waals surface area contributed by atoms with Gasteiger partial charge in [0.05, 0.1) is 30.8 Å². The number of nitrogens with one attached hydrogen (secondary N) is 1. The number of hydrogen-bond donors (Lipinski definition) is 1. The first-order valence-electron chi connectivity index (χ1n) is 5.67. The van der Waals surface area contributed by atoms with E-state index in [9.17, 15) is 8.42 Å². The Morgan fingerprint density at radius 2 is 2.19 bits per heavy atom. The predicted octanol–water partition coefficient (Wildman–Crippen LogP) is 1.75. The van der Waals surface area contributed by atoms with E-state index < -0.39 is 10.0 Å². The summed E-state index contributed by atoms with van der Waals surface area (Å²) in [7, 11) is -0.995. The van der Waals surface area contributed by atoms with Crippen molar-refractivity contribution < 1.29 is 13.2 Å². The predicted molar refractivity (Wildman–Crippen MR) is 76.7 cm³/mol. The molecule has 21 heavy (non-hydrogen) atoms. The molecule has 2 rings (SSSR count). The van der Waals surface area contributed by atoms with E-state index in [4.69, 9.17) is 21.6 Å². The highest BCUT2D eigenvalue weighted by molar-refractivity contribution is 7.92. The molecule has 1 heterocycles. The Bertz CT molecular complexity index is 824. The smallest absolute Gasteiger partial charge is 0.282 e. The molecule has 1 N–H and O–H groups in total. The Labute approximate surface area is 126 Å². The van der Waals surface area contributed by atoms with Gasteiger partial charge in [-0.3, -0.25) is 4.72 Å². The van der Waals surface area contributed by atoms with Crippen molar-refractivity contribution in [2.24, 2.45) is 7.05 Å². The molecule has 0 aliphatic rings. The van der Waals surface area contributed by atoms with Gasteiger partial charge >= 0.3 is 0 Å². The zero-order valence-electron chi connectivity index (χ0n) is 11.2. The fraction of sp³-hybridized carbons (Fsp3) is 0.167. The molecule has 9 heteroatoms. The lowest BCUT2D eigenvalue weighted by Gasteiger charge is -2.11. The van der Waals surface area contributed by atoms with E-state index in [0.717, 1.165) is 0 Å². The summed E-state index contributed by atoms with van der Waals surface area (Å²) in [5.41, 5.74) is 0.545. The Morgan fingerprint density at radius 1 is 1.48 bits per heavy atom. The minimum atomic E-state index is -3.95. The maximum Gasteiger partial charge on any atom is 0.282 e. The first-order chi connectivity index (χ1) is 9.89. The number of methoxy groups -OCH3 is 1. The monoisotopic (exact) mass is 326 g/mol. The number of aromatic nitrogens is 2. The van der Waals surface area contributed by atoms with Crippen molar-refractivity contribution in [3.63, 3.8) is 0 Å². The first-order valence-corrected chi connectivity index (χ1v) is 7.53. The van der Waals surface area contributed by atoms with Crippen LogP contribution in [0.4, 0.5) is 5.69 Å². The standard InChI is InChI=1S/C12H11ClN4O3S/c1-17-7-15-12(11(17)13)21(18,19)16-9-4-3-8(6-14)5-10(9)20-2/h3-5,7,16H,1-2H3. The second-order valence-corrected chi connectivity index (χ2v) is 6.04. The molecule has 0 atom stereocenters. The summed E-state index contributed by atoms with van der Waals surface area (Å²) in [5.74, 6) is 0.227. The van der Waals surface area contributed by atoms with E-state index in [0.29, 0.717) is 5.56 Å². The summed E-state index contributed by atoms with van der Waals surface area (Å²) in [6.07, 6.45) is 1.30. The van der Waals surface area contributed by atoms with E-state index in [-0.39, 0.29) is 21.6 Å². The van der Waals surface area contributed by atoms with Crippen molar-refractivity contribution in [3.05, 3.63) is 35.2 Å². The number of ether oxygens (including phenoxy) is 1. The number of hydrogen-bond acceptors (Lipinski definition) is 5. The zero-order valence-corrected chi connectivity index (χ0v) is 12.7. The summed E-state index contributed by atoms with van der Waals surface area (Å²) < 4.78 is 33.3. The Hall–Kier alpha value is -2.24. The quantitative estimate of drug-likeness (QED) is 0.923. The van der Waals surface area contributed by atoms with Gasteiger partial charge in [-0.05, 0) is 12.1 Å². The van der Waals surface area contributed by atoms with Gasteiger partial charge in [0, 0.05) is 13.1 Å². The normalized spacial score (nSPS) is 11.0. The molecule has 1 aromatic carbocycles. The first kappa shape index (κ1) is 15.2. The van der Waals surface area contributed by atoms with Crippen LogP contribution in [0, 0.1) is 11.3 Å². The number of nitrogens with zero attached hydrogens (tertiary/aromatic N) is 3. The second-order valence-electron chi connectivity index (χ2n) is 4.08. The topological polar surface area (TPSA) is 97.0 Å². The molecule has 0 fully saturated rings. The van der Waals surface area contributed by atoms with Crippen molar-refractivity contribution in [3.8, 4) is 11.8 Å². The number of anilines is 1. The lowest BCUT2D eigenvalue weighted by atomic mass is 10.2. The molecule has 7 nitrogen and oxygen atoms in total. The molecule has 0 saturated carbocycles. The number of aryl methyl sites for hydroxylation is 1. The summed E-state index contributed by atoms with van der Waals surface area (Å²) >= 11 is 5.89. The van der Waals surface area contributed by atoms with Gasteiger partial charge in [-0.15, -0.1) is 0 Å². The van der Waals surface area contributed by atoms with E-state index in [1.54, 1.807) is 7.05 Å². The third kappa shape index (κ3) is 2.94. The minimum Gasteiger partial charge on any atom is -0.495 e. The Kier molecular flexibility index (Phi) is 4.06. The van der Waals surface area contributed by atoms with Crippen LogP contribution in [0.2, 0.25) is 5.15 Å². The van der Waals surface area contributed by atoms with Crippen LogP contribution in [-0.4, -0.2) is 25.1 Å². The fourth-order valence-electron chi connectivity index (χ4n) is 1.61. The lowest BCUT2D eigenvalue weighted by Crippen LogP contribution is -2.14. The third-order valence-corrected chi connectivity index (χ3v) is 4.52. The van der Waals surface area contributed by atoms with Crippen LogP contribution in [0.15, 0.2) is 29.6 Å². The van der Waals surface area contributed by atoms with Crippen molar-refractivity contribution >= 4 is 27.3 Å². The van der Waals surface area contributed by atoms with Crippen LogP contribution in [0.5, 0.6) is 5.75 Å². The summed E-state index contributed by atoms with van der Waals surface area (Å²) in [5, 5.41) is 8.54. The molecular formula is C12H11ClN4O3S. The summed E-state index contributed by atoms with van der Waals surface area (Å²) in [4.78, 5) is 3.76. The fourth-order valence-corrected chi connectivity index (χ4v) is 3.12. The molecule has 110 valence electrons. The molecule has 2 aromatic rings. The number of halogens is 1. The van der Waals surface area contributed by atoms with Crippen LogP contribution in [0.3, 0.4) is 0 Å². The molecule has 0 unspecified atom stereocenters. The molecule has 0 bridgehead atoms. The third-order valence-electron chi connectivity index (χ3n) is 2.66. The van der Waals surface area contributed by atoms with Gasteiger partial charge in [-0.25, -0.2) is 4.98 Å². The number of rotatable bonds is 4. The van der Waals surface area contributed by atoms with E-state index >= 15 is 0 Å². The van der Waals surface area contributed by atoms with Gasteiger partial charge in [0.15, 0.2) is 0 Å². The molecule has 0 aliphatic heterocycles. The van der Waals surface area contributed by atoms with Crippen LogP contribution in [0.25, 0.3) is 0 Å². The van der Waals surface area contributed by atoms with Gasteiger partial charge in [-0.2, -0.15) is 13.7 Å². The van der Waals surface area contributed by atoms with E-state index in [2.05, 4.69) is 9.71 Å². The maximum absolute atomic E-state index is 12.3. The van der Waals surface area contributed by atoms with Gasteiger partial charge < -0.3 is 9.30 Å². The van der Waals surface area contributed by atoms with Gasteiger partial charge in [-0.1, -0.05) is 11.6 Å². The highest BCUT2D eigenvalue weighted by Crippen LogP contribution is 2.29. The molecule has 0 spiro atoms. The number of nitriles is 1. The summed E-state index contributed by atoms with van der Waals surface area (Å²) in [6.45, 7) is 0. The highest BCUT2D eigenvalue weighted by Gasteiger charge is 2.23. The zero-order chi connectivity index (χ0) is 15.6. The SMILES string of the molecule is COc1cc(C#N)ccc1NS(=O)(=O)c1ncn(C)c1Cl. The van der Waals surface area contributed by atoms with Crippen molar-refractivity contribution in [1.29, 1.82) is 5.26 Å². The maximum atomic E-state index is 12.3. The molecule has 0 aliphatic carbocycles. The van der Waals surface area contributed by atoms with E-state index in [1.165, 1.54) is 36.2 Å². The second kappa shape index (κ2) is 5.63. The average Bonchev–Trinajstić information content (AvgIpc) is 2.79. The molecule has 0 radical (unpaired) electrons. The van der Waals surface area contributed by atoms with E-state index in [1.807, 2.05) is 6.07 Å². The molecular weight excluding hydrogens is 316 g/mol. The Balaban J connectivity index is 2.42. The van der Waals surface area contributed by atoms with Crippen molar-refractivity contribution in [2.75, 3.05) is 11.8 Å². The van der Waals surface area contributed by atoms with Crippen molar-refractivity contribution in [1.82, 2.24) is 9.55 Å². The molecule has 1 aromatic heterocycles. The summed E-state index contributed by atoms with van der Waals surface area (Å²) in [6, 6.07) is 6.28. The number of imidazole rings is 1. The number of benzene rings is 1. The molecule has 0 saturated heterocycles. The largest absolute Gasteiger partial charge is 0.495 e. The van der Waals surface area contributed by atoms with Crippen molar-refractivity contribution in [2.45, 2.75) is 5.03 Å². The average molecular weight is 327 g/mol. The molecule has 0 amide bonds. The van der Waals surface area contributed by atoms with Crippen LogP contribution in [0.1, 0.15) is 5.56 Å². The van der Waals surface area contributed by atoms with Gasteiger partial charge in [0.2, 0.25) is 5.03 Å². The van der Waals surface area contributed by atoms with Gasteiger partial charge in [0.25, 0.3) is 10.0 Å². The van der Waals surface area contributed by atoms with Gasteiger partial charge in [0.1, 0.15) is 10.9 Å². The minimum absolute atomic E-state index is 0.00453. The Morgan fingerprint density at radius 3 is 2.71 bits per heavy atom. The highest BCUT2D eigenvalue weighted by atomic mass is 35.5. The lowest BCUT2D eigenvalue weighted by molar-refractivity contribution is 0.416.